The molecule has 2 N–H and O–H groups in total. The lowest BCUT2D eigenvalue weighted by Crippen LogP contribution is -2.27. The van der Waals surface area contributed by atoms with Crippen LogP contribution in [-0.2, 0) is 0 Å². The molecule has 0 aliphatic rings. The van der Waals surface area contributed by atoms with Crippen molar-refractivity contribution < 1.29 is 4.79 Å². The summed E-state index contributed by atoms with van der Waals surface area (Å²) in [5.41, 5.74) is 3.01. The number of amides is 1. The number of aryl methyl sites for hydroxylation is 1. The van der Waals surface area contributed by atoms with Gasteiger partial charge in [-0.25, -0.2) is 0 Å². The highest BCUT2D eigenvalue weighted by Crippen LogP contribution is 2.12. The molecule has 1 rings (SSSR count). The number of benzene rings is 1. The third-order valence-corrected chi connectivity index (χ3v) is 2.92. The smallest absolute Gasteiger partial charge is 0.251 e. The zero-order chi connectivity index (χ0) is 12.7. The van der Waals surface area contributed by atoms with Crippen molar-refractivity contribution in [2.75, 3.05) is 19.6 Å². The number of hydrogen-bond donors (Lipinski definition) is 2. The zero-order valence-corrected chi connectivity index (χ0v) is 11.0. The monoisotopic (exact) mass is 234 g/mol. The molecule has 0 fully saturated rings. The molecule has 0 aliphatic heterocycles. The van der Waals surface area contributed by atoms with Gasteiger partial charge in [-0.15, -0.1) is 0 Å². The Balaban J connectivity index is 2.44. The Morgan fingerprint density at radius 2 is 2.00 bits per heavy atom. The molecule has 0 saturated carbocycles. The van der Waals surface area contributed by atoms with Crippen molar-refractivity contribution in [1.82, 2.24) is 10.6 Å². The van der Waals surface area contributed by atoms with Gasteiger partial charge in [0.2, 0.25) is 0 Å². The number of carbonyl (C=O) groups excluding carboxylic acids is 1. The molecule has 1 aromatic carbocycles. The molecule has 0 heterocycles. The first kappa shape index (κ1) is 13.7. The second-order valence-electron chi connectivity index (χ2n) is 4.21. The summed E-state index contributed by atoms with van der Waals surface area (Å²) in [5, 5.41) is 6.18. The van der Waals surface area contributed by atoms with Crippen molar-refractivity contribution >= 4 is 5.91 Å². The molecule has 0 unspecified atom stereocenters. The number of rotatable bonds is 6. The van der Waals surface area contributed by atoms with E-state index in [1.165, 1.54) is 0 Å². The second kappa shape index (κ2) is 7.07. The van der Waals surface area contributed by atoms with Crippen molar-refractivity contribution in [3.05, 3.63) is 34.9 Å². The van der Waals surface area contributed by atoms with Crippen LogP contribution in [0.3, 0.4) is 0 Å². The summed E-state index contributed by atoms with van der Waals surface area (Å²) in [6.45, 7) is 8.74. The second-order valence-corrected chi connectivity index (χ2v) is 4.21. The predicted molar refractivity (Wildman–Crippen MR) is 71.4 cm³/mol. The average molecular weight is 234 g/mol. The molecule has 1 aromatic rings. The Morgan fingerprint density at radius 1 is 1.24 bits per heavy atom. The molecule has 0 spiro atoms. The summed E-state index contributed by atoms with van der Waals surface area (Å²) < 4.78 is 0. The molecule has 1 amide bonds. The molecule has 94 valence electrons. The Bertz CT molecular complexity index is 374. The van der Waals surface area contributed by atoms with Gasteiger partial charge < -0.3 is 10.6 Å². The Labute approximate surface area is 104 Å². The van der Waals surface area contributed by atoms with Crippen LogP contribution < -0.4 is 10.6 Å². The minimum Gasteiger partial charge on any atom is -0.352 e. The molecule has 0 bridgehead atoms. The summed E-state index contributed by atoms with van der Waals surface area (Å²) in [7, 11) is 0. The minimum absolute atomic E-state index is 0.0303. The van der Waals surface area contributed by atoms with E-state index in [1.807, 2.05) is 32.0 Å². The lowest BCUT2D eigenvalue weighted by Gasteiger charge is -2.09. The van der Waals surface area contributed by atoms with Crippen molar-refractivity contribution in [3.63, 3.8) is 0 Å². The lowest BCUT2D eigenvalue weighted by molar-refractivity contribution is 0.0952. The SMILES string of the molecule is CCNCCCNC(=O)c1cccc(C)c1C. The van der Waals surface area contributed by atoms with E-state index >= 15 is 0 Å². The normalized spacial score (nSPS) is 10.3. The highest BCUT2D eigenvalue weighted by Gasteiger charge is 2.08. The first-order chi connectivity index (χ1) is 8.16. The van der Waals surface area contributed by atoms with Gasteiger partial charge in [0.25, 0.3) is 5.91 Å². The van der Waals surface area contributed by atoms with Gasteiger partial charge >= 0.3 is 0 Å². The lowest BCUT2D eigenvalue weighted by atomic mass is 10.0. The minimum atomic E-state index is 0.0303. The highest BCUT2D eigenvalue weighted by molar-refractivity contribution is 5.95. The zero-order valence-electron chi connectivity index (χ0n) is 11.0. The Hall–Kier alpha value is -1.35. The van der Waals surface area contributed by atoms with E-state index in [9.17, 15) is 4.79 Å². The highest BCUT2D eigenvalue weighted by atomic mass is 16.1. The maximum atomic E-state index is 11.9. The van der Waals surface area contributed by atoms with Crippen LogP contribution in [-0.4, -0.2) is 25.5 Å². The van der Waals surface area contributed by atoms with Crippen LogP contribution in [0.25, 0.3) is 0 Å². The van der Waals surface area contributed by atoms with Gasteiger partial charge in [-0.2, -0.15) is 0 Å². The largest absolute Gasteiger partial charge is 0.352 e. The summed E-state index contributed by atoms with van der Waals surface area (Å²) in [6.07, 6.45) is 0.963. The van der Waals surface area contributed by atoms with Gasteiger partial charge in [0, 0.05) is 12.1 Å². The maximum Gasteiger partial charge on any atom is 0.251 e. The van der Waals surface area contributed by atoms with Crippen LogP contribution in [0.5, 0.6) is 0 Å². The number of carbonyl (C=O) groups is 1. The van der Waals surface area contributed by atoms with Crippen LogP contribution in [0.2, 0.25) is 0 Å². The fourth-order valence-electron chi connectivity index (χ4n) is 1.68. The number of nitrogens with one attached hydrogen (secondary N) is 2. The predicted octanol–water partition coefficient (Wildman–Crippen LogP) is 2.03. The van der Waals surface area contributed by atoms with E-state index in [1.54, 1.807) is 0 Å². The molecule has 0 aliphatic carbocycles. The van der Waals surface area contributed by atoms with Crippen LogP contribution >= 0.6 is 0 Å². The third kappa shape index (κ3) is 4.19. The molecule has 3 nitrogen and oxygen atoms in total. The molecule has 0 aromatic heterocycles. The molecule has 0 saturated heterocycles. The van der Waals surface area contributed by atoms with Crippen LogP contribution in [0, 0.1) is 13.8 Å². The van der Waals surface area contributed by atoms with E-state index < -0.39 is 0 Å². The van der Waals surface area contributed by atoms with Crippen molar-refractivity contribution in [2.24, 2.45) is 0 Å². The molecule has 0 atom stereocenters. The standard InChI is InChI=1S/C14H22N2O/c1-4-15-9-6-10-16-14(17)13-8-5-7-11(2)12(13)3/h5,7-8,15H,4,6,9-10H2,1-3H3,(H,16,17). The molecular weight excluding hydrogens is 212 g/mol. The number of hydrogen-bond acceptors (Lipinski definition) is 2. The summed E-state index contributed by atoms with van der Waals surface area (Å²) >= 11 is 0. The third-order valence-electron chi connectivity index (χ3n) is 2.92. The van der Waals surface area contributed by atoms with Crippen molar-refractivity contribution in [1.29, 1.82) is 0 Å². The summed E-state index contributed by atoms with van der Waals surface area (Å²) in [6, 6.07) is 5.83. The quantitative estimate of drug-likeness (QED) is 0.739. The van der Waals surface area contributed by atoms with Crippen molar-refractivity contribution in [2.45, 2.75) is 27.2 Å². The van der Waals surface area contributed by atoms with Crippen LogP contribution in [0.1, 0.15) is 34.8 Å². The Kier molecular flexibility index (Phi) is 5.70. The Morgan fingerprint density at radius 3 is 2.71 bits per heavy atom. The first-order valence-corrected chi connectivity index (χ1v) is 6.22. The molecule has 0 radical (unpaired) electrons. The maximum absolute atomic E-state index is 11.9. The van der Waals surface area contributed by atoms with E-state index in [0.717, 1.165) is 42.7 Å². The van der Waals surface area contributed by atoms with E-state index in [0.29, 0.717) is 0 Å². The summed E-state index contributed by atoms with van der Waals surface area (Å²) in [4.78, 5) is 11.9. The fourth-order valence-corrected chi connectivity index (χ4v) is 1.68. The molecule has 3 heteroatoms. The van der Waals surface area contributed by atoms with E-state index in [4.69, 9.17) is 0 Å². The first-order valence-electron chi connectivity index (χ1n) is 6.22. The fraction of sp³-hybridized carbons (Fsp3) is 0.500. The topological polar surface area (TPSA) is 41.1 Å². The van der Waals surface area contributed by atoms with Gasteiger partial charge in [-0.1, -0.05) is 19.1 Å². The van der Waals surface area contributed by atoms with Crippen molar-refractivity contribution in [3.8, 4) is 0 Å². The molecule has 17 heavy (non-hydrogen) atoms. The average Bonchev–Trinajstić information content (AvgIpc) is 2.32. The van der Waals surface area contributed by atoms with E-state index in [2.05, 4.69) is 17.6 Å². The van der Waals surface area contributed by atoms with Gasteiger partial charge in [-0.3, -0.25) is 4.79 Å². The van der Waals surface area contributed by atoms with Crippen LogP contribution in [0.15, 0.2) is 18.2 Å². The van der Waals surface area contributed by atoms with Gasteiger partial charge in [0.15, 0.2) is 0 Å². The van der Waals surface area contributed by atoms with Crippen LogP contribution in [0.4, 0.5) is 0 Å². The van der Waals surface area contributed by atoms with E-state index in [-0.39, 0.29) is 5.91 Å². The van der Waals surface area contributed by atoms with Gasteiger partial charge in [0.1, 0.15) is 0 Å². The summed E-state index contributed by atoms with van der Waals surface area (Å²) in [5.74, 6) is 0.0303. The van der Waals surface area contributed by atoms with Gasteiger partial charge in [0.05, 0.1) is 0 Å². The van der Waals surface area contributed by atoms with Gasteiger partial charge in [-0.05, 0) is 50.6 Å². The molecular formula is C14H22N2O.